The van der Waals surface area contributed by atoms with E-state index in [-0.39, 0.29) is 21.1 Å². The fourth-order valence-electron chi connectivity index (χ4n) is 1.32. The zero-order chi connectivity index (χ0) is 11.0. The topological polar surface area (TPSA) is 55.0 Å². The molecule has 0 saturated carbocycles. The van der Waals surface area contributed by atoms with E-state index in [4.69, 9.17) is 4.74 Å². The van der Waals surface area contributed by atoms with Gasteiger partial charge in [-0.15, -0.1) is 0 Å². The van der Waals surface area contributed by atoms with Crippen molar-refractivity contribution in [2.24, 2.45) is 0 Å². The van der Waals surface area contributed by atoms with Gasteiger partial charge >= 0.3 is 0 Å². The summed E-state index contributed by atoms with van der Waals surface area (Å²) >= 11 is 3.03. The van der Waals surface area contributed by atoms with E-state index < -0.39 is 11.4 Å². The first-order valence-electron chi connectivity index (χ1n) is 4.04. The Kier molecular flexibility index (Phi) is 2.44. The Balaban J connectivity index is 3.03. The number of hydrogen-bond acceptors (Lipinski definition) is 3. The van der Waals surface area contributed by atoms with Crippen molar-refractivity contribution in [3.63, 3.8) is 0 Å². The lowest BCUT2D eigenvalue weighted by molar-refractivity contribution is 0.418. The van der Waals surface area contributed by atoms with E-state index in [1.54, 1.807) is 0 Å². The summed E-state index contributed by atoms with van der Waals surface area (Å²) in [5, 5.41) is 0.112. The van der Waals surface area contributed by atoms with Crippen molar-refractivity contribution in [3.8, 4) is 5.75 Å². The maximum absolute atomic E-state index is 13.6. The van der Waals surface area contributed by atoms with Crippen LogP contribution >= 0.6 is 15.9 Å². The monoisotopic (exact) mass is 272 g/mol. The van der Waals surface area contributed by atoms with Crippen molar-refractivity contribution in [1.29, 1.82) is 0 Å². The minimum absolute atomic E-state index is 0.00928. The number of ether oxygens (including phenoxy) is 1. The lowest BCUT2D eigenvalue weighted by Crippen LogP contribution is -2.09. The molecule has 1 aromatic heterocycles. The van der Waals surface area contributed by atoms with Crippen LogP contribution in [0.3, 0.4) is 0 Å². The number of nitrogens with one attached hydrogen (secondary N) is 1. The first-order chi connectivity index (χ1) is 7.15. The first-order valence-corrected chi connectivity index (χ1v) is 4.84. The van der Waals surface area contributed by atoms with Gasteiger partial charge < -0.3 is 9.72 Å². The zero-order valence-corrected chi connectivity index (χ0v) is 9.26. The molecule has 4 nitrogen and oxygen atoms in total. The standard InChI is InChI=1S/C9H6BrFN2O2/c1-15-5-2-4(10)7(11)8-6(5)9(14)13-3-12-8/h2-3H,1H3,(H,12,13,14). The van der Waals surface area contributed by atoms with Crippen molar-refractivity contribution < 1.29 is 9.13 Å². The maximum Gasteiger partial charge on any atom is 0.262 e. The second-order valence-corrected chi connectivity index (χ2v) is 3.68. The molecule has 6 heteroatoms. The largest absolute Gasteiger partial charge is 0.496 e. The summed E-state index contributed by atoms with van der Waals surface area (Å²) in [6.07, 6.45) is 1.15. The summed E-state index contributed by atoms with van der Waals surface area (Å²) in [4.78, 5) is 17.6. The second kappa shape index (κ2) is 3.62. The van der Waals surface area contributed by atoms with Gasteiger partial charge in [0.15, 0.2) is 5.82 Å². The summed E-state index contributed by atoms with van der Waals surface area (Å²) in [5.41, 5.74) is -0.437. The molecule has 1 N–H and O–H groups in total. The molecule has 0 fully saturated rings. The Morgan fingerprint density at radius 1 is 1.60 bits per heavy atom. The third-order valence-electron chi connectivity index (χ3n) is 1.99. The highest BCUT2D eigenvalue weighted by molar-refractivity contribution is 9.10. The fourth-order valence-corrected chi connectivity index (χ4v) is 1.72. The van der Waals surface area contributed by atoms with Gasteiger partial charge in [0.1, 0.15) is 16.7 Å². The lowest BCUT2D eigenvalue weighted by atomic mass is 10.2. The number of hydrogen-bond donors (Lipinski definition) is 1. The highest BCUT2D eigenvalue weighted by Gasteiger charge is 2.14. The van der Waals surface area contributed by atoms with Crippen LogP contribution in [0.25, 0.3) is 10.9 Å². The Bertz CT molecular complexity index is 582. The highest BCUT2D eigenvalue weighted by Crippen LogP contribution is 2.29. The van der Waals surface area contributed by atoms with Gasteiger partial charge in [-0.05, 0) is 22.0 Å². The quantitative estimate of drug-likeness (QED) is 0.862. The molecule has 0 unspecified atom stereocenters. The Labute approximate surface area is 92.2 Å². The van der Waals surface area contributed by atoms with Crippen molar-refractivity contribution in [2.45, 2.75) is 0 Å². The van der Waals surface area contributed by atoms with Crippen LogP contribution in [0, 0.1) is 5.82 Å². The lowest BCUT2D eigenvalue weighted by Gasteiger charge is -2.05. The Morgan fingerprint density at radius 2 is 2.33 bits per heavy atom. The average molecular weight is 273 g/mol. The first kappa shape index (κ1) is 10.1. The average Bonchev–Trinajstić information content (AvgIpc) is 2.23. The molecule has 0 radical (unpaired) electrons. The number of halogens is 2. The molecule has 78 valence electrons. The predicted molar refractivity (Wildman–Crippen MR) is 56.6 cm³/mol. The van der Waals surface area contributed by atoms with E-state index in [0.717, 1.165) is 6.33 Å². The molecule has 0 amide bonds. The van der Waals surface area contributed by atoms with E-state index in [1.807, 2.05) is 0 Å². The third-order valence-corrected chi connectivity index (χ3v) is 2.57. The fraction of sp³-hybridized carbons (Fsp3) is 0.111. The molecule has 0 atom stereocenters. The third kappa shape index (κ3) is 1.50. The zero-order valence-electron chi connectivity index (χ0n) is 7.67. The van der Waals surface area contributed by atoms with Gasteiger partial charge in [0.2, 0.25) is 0 Å². The van der Waals surface area contributed by atoms with Gasteiger partial charge in [0.05, 0.1) is 17.9 Å². The number of methoxy groups -OCH3 is 1. The smallest absolute Gasteiger partial charge is 0.262 e. The van der Waals surface area contributed by atoms with Gasteiger partial charge in [-0.1, -0.05) is 0 Å². The summed E-state index contributed by atoms with van der Waals surface area (Å²) in [5.74, 6) is -0.287. The van der Waals surface area contributed by atoms with Crippen LogP contribution in [0.5, 0.6) is 5.75 Å². The minimum Gasteiger partial charge on any atom is -0.496 e. The van der Waals surface area contributed by atoms with Crippen molar-refractivity contribution in [2.75, 3.05) is 7.11 Å². The molecule has 0 aliphatic carbocycles. The molecular weight excluding hydrogens is 267 g/mol. The number of H-pyrrole nitrogens is 1. The van der Waals surface area contributed by atoms with E-state index in [9.17, 15) is 9.18 Å². The van der Waals surface area contributed by atoms with Gasteiger partial charge in [0.25, 0.3) is 5.56 Å². The van der Waals surface area contributed by atoms with Crippen LogP contribution in [0.1, 0.15) is 0 Å². The van der Waals surface area contributed by atoms with Gasteiger partial charge in [-0.3, -0.25) is 4.79 Å². The van der Waals surface area contributed by atoms with Crippen LogP contribution in [0.15, 0.2) is 21.7 Å². The number of aromatic nitrogens is 2. The number of aromatic amines is 1. The van der Waals surface area contributed by atoms with E-state index in [2.05, 4.69) is 25.9 Å². The SMILES string of the molecule is COc1cc(Br)c(F)c2nc[nH]c(=O)c12. The molecule has 0 saturated heterocycles. The Hall–Kier alpha value is -1.43. The second-order valence-electron chi connectivity index (χ2n) is 2.83. The van der Waals surface area contributed by atoms with Gasteiger partial charge in [0, 0.05) is 0 Å². The van der Waals surface area contributed by atoms with Crippen LogP contribution in [-0.2, 0) is 0 Å². The number of benzene rings is 1. The number of fused-ring (bicyclic) bond motifs is 1. The molecule has 0 bridgehead atoms. The van der Waals surface area contributed by atoms with E-state index >= 15 is 0 Å². The molecule has 1 heterocycles. The molecule has 2 aromatic rings. The number of rotatable bonds is 1. The molecule has 2 rings (SSSR count). The van der Waals surface area contributed by atoms with Crippen LogP contribution in [0.4, 0.5) is 4.39 Å². The summed E-state index contributed by atoms with van der Waals surface area (Å²) in [7, 11) is 1.41. The summed E-state index contributed by atoms with van der Waals surface area (Å²) in [6, 6.07) is 1.40. The molecule has 15 heavy (non-hydrogen) atoms. The molecular formula is C9H6BrFN2O2. The van der Waals surface area contributed by atoms with E-state index in [1.165, 1.54) is 13.2 Å². The predicted octanol–water partition coefficient (Wildman–Crippen LogP) is 1.83. The van der Waals surface area contributed by atoms with Crippen LogP contribution < -0.4 is 10.3 Å². The Morgan fingerprint density at radius 3 is 3.00 bits per heavy atom. The van der Waals surface area contributed by atoms with Crippen molar-refractivity contribution >= 4 is 26.8 Å². The maximum atomic E-state index is 13.6. The van der Waals surface area contributed by atoms with Gasteiger partial charge in [-0.25, -0.2) is 9.37 Å². The summed E-state index contributed by atoms with van der Waals surface area (Å²) in [6.45, 7) is 0. The van der Waals surface area contributed by atoms with Crippen LogP contribution in [-0.4, -0.2) is 17.1 Å². The van der Waals surface area contributed by atoms with E-state index in [0.29, 0.717) is 0 Å². The van der Waals surface area contributed by atoms with Gasteiger partial charge in [-0.2, -0.15) is 0 Å². The molecule has 0 spiro atoms. The van der Waals surface area contributed by atoms with Crippen LogP contribution in [0.2, 0.25) is 0 Å². The summed E-state index contributed by atoms with van der Waals surface area (Å²) < 4.78 is 18.8. The molecule has 1 aromatic carbocycles. The van der Waals surface area contributed by atoms with Crippen molar-refractivity contribution in [1.82, 2.24) is 9.97 Å². The molecule has 0 aliphatic rings. The van der Waals surface area contributed by atoms with Crippen molar-refractivity contribution in [3.05, 3.63) is 33.0 Å². The normalized spacial score (nSPS) is 10.6. The number of nitrogens with zero attached hydrogens (tertiary/aromatic N) is 1. The minimum atomic E-state index is -0.572. The highest BCUT2D eigenvalue weighted by atomic mass is 79.9. The molecule has 0 aliphatic heterocycles.